The lowest BCUT2D eigenvalue weighted by Gasteiger charge is -2.24. The van der Waals surface area contributed by atoms with Gasteiger partial charge < -0.3 is 9.84 Å². The van der Waals surface area contributed by atoms with Crippen LogP contribution in [0.4, 0.5) is 11.5 Å². The van der Waals surface area contributed by atoms with Gasteiger partial charge in [0.2, 0.25) is 0 Å². The van der Waals surface area contributed by atoms with E-state index < -0.39 is 11.9 Å². The zero-order valence-electron chi connectivity index (χ0n) is 20.4. The first kappa shape index (κ1) is 24.6. The molecule has 2 aliphatic rings. The molecule has 1 N–H and O–H groups in total. The molecule has 2 fully saturated rings. The molecule has 2 aliphatic carbocycles. The molecular weight excluding hydrogens is 571 g/mol. The van der Waals surface area contributed by atoms with Gasteiger partial charge in [0.1, 0.15) is 11.9 Å². The van der Waals surface area contributed by atoms with E-state index in [9.17, 15) is 14.7 Å². The largest absolute Gasteiger partial charge is 0.481 e. The van der Waals surface area contributed by atoms with Gasteiger partial charge in [0.05, 0.1) is 17.1 Å². The molecule has 36 heavy (non-hydrogen) atoms. The van der Waals surface area contributed by atoms with E-state index in [2.05, 4.69) is 45.6 Å². The fourth-order valence-electron chi connectivity index (χ4n) is 4.83. The number of hydrogen-bond donors (Lipinski definition) is 1. The minimum Gasteiger partial charge on any atom is -0.481 e. The van der Waals surface area contributed by atoms with E-state index in [1.165, 1.54) is 0 Å². The number of anilines is 2. The van der Waals surface area contributed by atoms with E-state index in [-0.39, 0.29) is 12.0 Å². The third kappa shape index (κ3) is 4.66. The summed E-state index contributed by atoms with van der Waals surface area (Å²) < 4.78 is 9.00. The van der Waals surface area contributed by atoms with Crippen LogP contribution in [0.5, 0.6) is 5.88 Å². The average molecular weight is 598 g/mol. The number of carbonyl (C=O) groups is 2. The standard InChI is InChI=1S/C27H27IN4O4/c1-4-5-24(33)32(22-12-15(2)20(28)14-19(22)16-6-7-16)23-11-10-21-25(29-23)26(30-31(21)3)36-18-9-8-17(13-18)27(34)35/h10-12,14,16-18H,6-9,13H2,1-3H3,(H,34,35)/t17-,18-/m1/s1. The number of carbonyl (C=O) groups excluding carboxylic acids is 1. The van der Waals surface area contributed by atoms with Crippen molar-refractivity contribution >= 4 is 57.0 Å². The van der Waals surface area contributed by atoms with E-state index in [1.807, 2.05) is 32.2 Å². The summed E-state index contributed by atoms with van der Waals surface area (Å²) >= 11 is 2.34. The molecule has 0 unspecified atom stereocenters. The number of carboxylic acids is 1. The number of benzene rings is 1. The number of halogens is 1. The number of amides is 1. The Kier molecular flexibility index (Phi) is 6.64. The summed E-state index contributed by atoms with van der Waals surface area (Å²) in [7, 11) is 1.81. The number of nitrogens with zero attached hydrogens (tertiary/aromatic N) is 4. The topological polar surface area (TPSA) is 97.6 Å². The second-order valence-corrected chi connectivity index (χ2v) is 10.7. The number of carboxylic acid groups (broad SMARTS) is 1. The molecule has 9 heteroatoms. The number of aromatic nitrogens is 3. The maximum atomic E-state index is 13.3. The lowest BCUT2D eigenvalue weighted by Crippen LogP contribution is -2.26. The SMILES string of the molecule is CC#CC(=O)N(c1ccc2c(n1)c(O[C@@H]1CC[C@@H](C(=O)O)C1)nn2C)c1cc(C)c(I)cc1C1CC1. The normalized spacial score (nSPS) is 19.1. The Labute approximate surface area is 223 Å². The van der Waals surface area contributed by atoms with E-state index in [0.29, 0.717) is 42.4 Å². The second kappa shape index (κ2) is 9.73. The van der Waals surface area contributed by atoms with Gasteiger partial charge in [0.25, 0.3) is 5.88 Å². The molecule has 0 aliphatic heterocycles. The van der Waals surface area contributed by atoms with Crippen LogP contribution in [0.25, 0.3) is 11.0 Å². The Morgan fingerprint density at radius 1 is 1.22 bits per heavy atom. The molecule has 186 valence electrons. The zero-order valence-corrected chi connectivity index (χ0v) is 22.6. The fraction of sp³-hybridized carbons (Fsp3) is 0.407. The molecule has 5 rings (SSSR count). The van der Waals surface area contributed by atoms with Gasteiger partial charge in [0, 0.05) is 10.6 Å². The molecule has 1 aromatic carbocycles. The molecule has 8 nitrogen and oxygen atoms in total. The van der Waals surface area contributed by atoms with Crippen molar-refractivity contribution in [2.75, 3.05) is 4.90 Å². The number of ether oxygens (including phenoxy) is 1. The van der Waals surface area contributed by atoms with Crippen molar-refractivity contribution in [3.05, 3.63) is 39.0 Å². The quantitative estimate of drug-likeness (QED) is 0.314. The van der Waals surface area contributed by atoms with E-state index in [1.54, 1.807) is 16.5 Å². The number of aryl methyl sites for hydroxylation is 2. The van der Waals surface area contributed by atoms with Crippen LogP contribution in [0.1, 0.15) is 56.1 Å². The first-order valence-corrected chi connectivity index (χ1v) is 13.1. The highest BCUT2D eigenvalue weighted by molar-refractivity contribution is 14.1. The molecule has 2 atom stereocenters. The summed E-state index contributed by atoms with van der Waals surface area (Å²) in [5.74, 6) is 5.10. The number of pyridine rings is 1. The first-order chi connectivity index (χ1) is 17.3. The molecule has 0 bridgehead atoms. The lowest BCUT2D eigenvalue weighted by molar-refractivity contribution is -0.141. The Bertz CT molecular complexity index is 1430. The van der Waals surface area contributed by atoms with Crippen molar-refractivity contribution in [1.29, 1.82) is 0 Å². The van der Waals surface area contributed by atoms with Gasteiger partial charge in [-0.1, -0.05) is 5.92 Å². The van der Waals surface area contributed by atoms with Gasteiger partial charge in [0.15, 0.2) is 5.52 Å². The van der Waals surface area contributed by atoms with Gasteiger partial charge in [-0.15, -0.1) is 5.10 Å². The van der Waals surface area contributed by atoms with Crippen LogP contribution in [0.3, 0.4) is 0 Å². The molecule has 2 saturated carbocycles. The van der Waals surface area contributed by atoms with Crippen LogP contribution in [0.2, 0.25) is 0 Å². The Morgan fingerprint density at radius 3 is 2.67 bits per heavy atom. The number of aliphatic carboxylic acids is 1. The average Bonchev–Trinajstić information content (AvgIpc) is 3.50. The molecule has 0 saturated heterocycles. The minimum atomic E-state index is -0.794. The molecule has 3 aromatic rings. The van der Waals surface area contributed by atoms with Gasteiger partial charge in [-0.25, -0.2) is 4.98 Å². The predicted molar refractivity (Wildman–Crippen MR) is 144 cm³/mol. The van der Waals surface area contributed by atoms with Crippen molar-refractivity contribution in [2.24, 2.45) is 13.0 Å². The highest BCUT2D eigenvalue weighted by Crippen LogP contribution is 2.47. The van der Waals surface area contributed by atoms with Crippen LogP contribution in [-0.2, 0) is 16.6 Å². The van der Waals surface area contributed by atoms with Gasteiger partial charge in [-0.2, -0.15) is 0 Å². The summed E-state index contributed by atoms with van der Waals surface area (Å²) in [6.45, 7) is 3.68. The first-order valence-electron chi connectivity index (χ1n) is 12.1. The molecular formula is C27H27IN4O4. The third-order valence-electron chi connectivity index (χ3n) is 6.89. The maximum absolute atomic E-state index is 13.3. The van der Waals surface area contributed by atoms with Crippen molar-refractivity contribution in [2.45, 2.75) is 58.0 Å². The Hall–Kier alpha value is -3.13. The lowest BCUT2D eigenvalue weighted by atomic mass is 10.0. The monoisotopic (exact) mass is 598 g/mol. The summed E-state index contributed by atoms with van der Waals surface area (Å²) in [4.78, 5) is 31.2. The molecule has 0 spiro atoms. The summed E-state index contributed by atoms with van der Waals surface area (Å²) in [5.41, 5.74) is 4.31. The van der Waals surface area contributed by atoms with Crippen LogP contribution >= 0.6 is 22.6 Å². The van der Waals surface area contributed by atoms with Gasteiger partial charge >= 0.3 is 11.9 Å². The van der Waals surface area contributed by atoms with E-state index in [0.717, 1.165) is 38.7 Å². The van der Waals surface area contributed by atoms with Crippen molar-refractivity contribution < 1.29 is 19.4 Å². The fourth-order valence-corrected chi connectivity index (χ4v) is 5.32. The summed E-state index contributed by atoms with van der Waals surface area (Å²) in [6, 6.07) is 7.89. The van der Waals surface area contributed by atoms with Crippen molar-refractivity contribution in [1.82, 2.24) is 14.8 Å². The summed E-state index contributed by atoms with van der Waals surface area (Å²) in [5, 5.41) is 13.9. The van der Waals surface area contributed by atoms with Crippen LogP contribution in [-0.4, -0.2) is 37.9 Å². The van der Waals surface area contributed by atoms with Gasteiger partial charge in [-0.05, 0) is 116 Å². The van der Waals surface area contributed by atoms with Crippen LogP contribution in [0.15, 0.2) is 24.3 Å². The smallest absolute Gasteiger partial charge is 0.308 e. The van der Waals surface area contributed by atoms with Crippen molar-refractivity contribution in [3.8, 4) is 17.7 Å². The molecule has 0 radical (unpaired) electrons. The zero-order chi connectivity index (χ0) is 25.6. The molecule has 2 aromatic heterocycles. The van der Waals surface area contributed by atoms with Crippen LogP contribution in [0, 0.1) is 28.3 Å². The molecule has 2 heterocycles. The van der Waals surface area contributed by atoms with Gasteiger partial charge in [-0.3, -0.25) is 19.2 Å². The Morgan fingerprint density at radius 2 is 2.00 bits per heavy atom. The maximum Gasteiger partial charge on any atom is 0.308 e. The number of fused-ring (bicyclic) bond motifs is 1. The molecule has 1 amide bonds. The number of rotatable bonds is 6. The highest BCUT2D eigenvalue weighted by Gasteiger charge is 2.33. The van der Waals surface area contributed by atoms with E-state index in [4.69, 9.17) is 9.72 Å². The second-order valence-electron chi connectivity index (χ2n) is 9.50. The summed E-state index contributed by atoms with van der Waals surface area (Å²) in [6.07, 6.45) is 3.63. The third-order valence-corrected chi connectivity index (χ3v) is 8.06. The highest BCUT2D eigenvalue weighted by atomic mass is 127. The minimum absolute atomic E-state index is 0.237. The van der Waals surface area contributed by atoms with Crippen LogP contribution < -0.4 is 9.64 Å². The van der Waals surface area contributed by atoms with Crippen molar-refractivity contribution in [3.63, 3.8) is 0 Å². The predicted octanol–water partition coefficient (Wildman–Crippen LogP) is 5.08. The van der Waals surface area contributed by atoms with E-state index >= 15 is 0 Å². The number of hydrogen-bond acceptors (Lipinski definition) is 5. The Balaban J connectivity index is 1.58.